The molecule has 0 amide bonds. The van der Waals surface area contributed by atoms with Crippen molar-refractivity contribution in [2.45, 2.75) is 46.1 Å². The van der Waals surface area contributed by atoms with E-state index in [1.807, 2.05) is 0 Å². The summed E-state index contributed by atoms with van der Waals surface area (Å²) >= 11 is 0. The third-order valence-electron chi connectivity index (χ3n) is 3.51. The average molecular weight is 198 g/mol. The predicted octanol–water partition coefficient (Wildman–Crippen LogP) is 2.09. The second-order valence-corrected chi connectivity index (χ2v) is 5.05. The largest absolute Gasteiger partial charge is 0.327 e. The van der Waals surface area contributed by atoms with Crippen LogP contribution in [0.4, 0.5) is 0 Å². The minimum atomic E-state index is 0.400. The number of piperidine rings is 1. The van der Waals surface area contributed by atoms with Crippen LogP contribution < -0.4 is 5.73 Å². The molecular weight excluding hydrogens is 172 g/mol. The first-order chi connectivity index (χ1) is 6.63. The van der Waals surface area contributed by atoms with Gasteiger partial charge in [-0.1, -0.05) is 20.8 Å². The molecule has 1 saturated heterocycles. The predicted molar refractivity (Wildman–Crippen MR) is 62.3 cm³/mol. The van der Waals surface area contributed by atoms with E-state index in [-0.39, 0.29) is 0 Å². The quantitative estimate of drug-likeness (QED) is 0.749. The van der Waals surface area contributed by atoms with E-state index in [4.69, 9.17) is 5.73 Å². The lowest BCUT2D eigenvalue weighted by molar-refractivity contribution is 0.165. The Bertz CT molecular complexity index is 156. The fourth-order valence-electron chi connectivity index (χ4n) is 2.29. The highest BCUT2D eigenvalue weighted by Crippen LogP contribution is 2.22. The molecule has 2 unspecified atom stereocenters. The zero-order valence-electron chi connectivity index (χ0n) is 10.00. The van der Waals surface area contributed by atoms with Gasteiger partial charge in [-0.3, -0.25) is 0 Å². The van der Waals surface area contributed by atoms with Gasteiger partial charge < -0.3 is 10.6 Å². The van der Waals surface area contributed by atoms with Crippen molar-refractivity contribution in [3.8, 4) is 0 Å². The van der Waals surface area contributed by atoms with Crippen molar-refractivity contribution in [2.75, 3.05) is 19.6 Å². The van der Waals surface area contributed by atoms with E-state index in [9.17, 15) is 0 Å². The smallest absolute Gasteiger partial charge is 0.00650 e. The Kier molecular flexibility index (Phi) is 4.90. The van der Waals surface area contributed by atoms with Gasteiger partial charge in [0, 0.05) is 12.6 Å². The molecule has 0 spiro atoms. The van der Waals surface area contributed by atoms with Crippen LogP contribution in [0, 0.1) is 11.8 Å². The van der Waals surface area contributed by atoms with E-state index in [0.29, 0.717) is 12.0 Å². The van der Waals surface area contributed by atoms with E-state index in [1.54, 1.807) is 0 Å². The lowest BCUT2D eigenvalue weighted by Crippen LogP contribution is -2.39. The zero-order chi connectivity index (χ0) is 10.6. The maximum absolute atomic E-state index is 6.12. The van der Waals surface area contributed by atoms with Crippen LogP contribution in [0.15, 0.2) is 0 Å². The monoisotopic (exact) mass is 198 g/mol. The maximum Gasteiger partial charge on any atom is 0.00650 e. The number of hydrogen-bond donors (Lipinski definition) is 1. The molecule has 2 N–H and O–H groups in total. The van der Waals surface area contributed by atoms with Crippen molar-refractivity contribution < 1.29 is 0 Å². The molecular formula is C12H26N2. The van der Waals surface area contributed by atoms with Crippen LogP contribution in [0.3, 0.4) is 0 Å². The SMILES string of the molecule is CCN1CCCC(CC(N)C(C)C)C1. The molecule has 1 aliphatic heterocycles. The van der Waals surface area contributed by atoms with E-state index in [2.05, 4.69) is 25.7 Å². The Hall–Kier alpha value is -0.0800. The fourth-order valence-corrected chi connectivity index (χ4v) is 2.29. The molecule has 0 radical (unpaired) electrons. The molecule has 1 fully saturated rings. The Morgan fingerprint density at radius 1 is 1.43 bits per heavy atom. The van der Waals surface area contributed by atoms with Crippen molar-refractivity contribution >= 4 is 0 Å². The lowest BCUT2D eigenvalue weighted by atomic mass is 9.88. The highest BCUT2D eigenvalue weighted by Gasteiger charge is 2.21. The van der Waals surface area contributed by atoms with E-state index in [0.717, 1.165) is 5.92 Å². The van der Waals surface area contributed by atoms with Crippen LogP contribution in [0.2, 0.25) is 0 Å². The molecule has 14 heavy (non-hydrogen) atoms. The van der Waals surface area contributed by atoms with Gasteiger partial charge in [0.2, 0.25) is 0 Å². The van der Waals surface area contributed by atoms with Gasteiger partial charge in [0.05, 0.1) is 0 Å². The Balaban J connectivity index is 2.30. The van der Waals surface area contributed by atoms with E-state index in [1.165, 1.54) is 38.9 Å². The number of nitrogens with two attached hydrogens (primary N) is 1. The molecule has 84 valence electrons. The van der Waals surface area contributed by atoms with Gasteiger partial charge in [-0.2, -0.15) is 0 Å². The van der Waals surface area contributed by atoms with E-state index < -0.39 is 0 Å². The summed E-state index contributed by atoms with van der Waals surface area (Å²) in [6, 6.07) is 0.400. The summed E-state index contributed by atoms with van der Waals surface area (Å²) in [5.74, 6) is 1.48. The summed E-state index contributed by atoms with van der Waals surface area (Å²) in [5.41, 5.74) is 6.12. The summed E-state index contributed by atoms with van der Waals surface area (Å²) in [7, 11) is 0. The summed E-state index contributed by atoms with van der Waals surface area (Å²) in [6.45, 7) is 10.5. The van der Waals surface area contributed by atoms with Gasteiger partial charge in [-0.15, -0.1) is 0 Å². The molecule has 1 heterocycles. The second-order valence-electron chi connectivity index (χ2n) is 5.05. The van der Waals surface area contributed by atoms with Gasteiger partial charge in [0.15, 0.2) is 0 Å². The van der Waals surface area contributed by atoms with Crippen LogP contribution >= 0.6 is 0 Å². The van der Waals surface area contributed by atoms with Crippen molar-refractivity contribution in [3.05, 3.63) is 0 Å². The van der Waals surface area contributed by atoms with Crippen LogP contribution in [0.5, 0.6) is 0 Å². The minimum Gasteiger partial charge on any atom is -0.327 e. The third-order valence-corrected chi connectivity index (χ3v) is 3.51. The zero-order valence-corrected chi connectivity index (χ0v) is 10.00. The molecule has 0 aromatic carbocycles. The highest BCUT2D eigenvalue weighted by molar-refractivity contribution is 4.77. The van der Waals surface area contributed by atoms with Gasteiger partial charge in [0.25, 0.3) is 0 Å². The van der Waals surface area contributed by atoms with Gasteiger partial charge in [-0.25, -0.2) is 0 Å². The van der Waals surface area contributed by atoms with Crippen LogP contribution in [0.25, 0.3) is 0 Å². The van der Waals surface area contributed by atoms with Crippen molar-refractivity contribution in [3.63, 3.8) is 0 Å². The van der Waals surface area contributed by atoms with Crippen molar-refractivity contribution in [2.24, 2.45) is 17.6 Å². The Morgan fingerprint density at radius 3 is 2.71 bits per heavy atom. The second kappa shape index (κ2) is 5.72. The molecule has 2 nitrogen and oxygen atoms in total. The number of hydrogen-bond acceptors (Lipinski definition) is 2. The number of nitrogens with zero attached hydrogens (tertiary/aromatic N) is 1. The Morgan fingerprint density at radius 2 is 2.14 bits per heavy atom. The van der Waals surface area contributed by atoms with Crippen LogP contribution in [-0.2, 0) is 0 Å². The van der Waals surface area contributed by atoms with E-state index >= 15 is 0 Å². The molecule has 2 heteroatoms. The molecule has 0 bridgehead atoms. The molecule has 0 aliphatic carbocycles. The first-order valence-corrected chi connectivity index (χ1v) is 6.11. The molecule has 1 aliphatic rings. The first-order valence-electron chi connectivity index (χ1n) is 6.11. The summed E-state index contributed by atoms with van der Waals surface area (Å²) in [4.78, 5) is 2.56. The molecule has 2 atom stereocenters. The summed E-state index contributed by atoms with van der Waals surface area (Å²) in [6.07, 6.45) is 3.97. The lowest BCUT2D eigenvalue weighted by Gasteiger charge is -2.33. The maximum atomic E-state index is 6.12. The standard InChI is InChI=1S/C12H26N2/c1-4-14-7-5-6-11(9-14)8-12(13)10(2)3/h10-12H,4-9,13H2,1-3H3. The van der Waals surface area contributed by atoms with Crippen molar-refractivity contribution in [1.29, 1.82) is 0 Å². The highest BCUT2D eigenvalue weighted by atomic mass is 15.1. The molecule has 1 rings (SSSR count). The van der Waals surface area contributed by atoms with Gasteiger partial charge in [0.1, 0.15) is 0 Å². The number of likely N-dealkylation sites (tertiary alicyclic amines) is 1. The topological polar surface area (TPSA) is 29.3 Å². The molecule has 0 saturated carbocycles. The Labute approximate surface area is 88.8 Å². The minimum absolute atomic E-state index is 0.400. The number of rotatable bonds is 4. The normalized spacial score (nSPS) is 26.8. The van der Waals surface area contributed by atoms with Gasteiger partial charge >= 0.3 is 0 Å². The van der Waals surface area contributed by atoms with Crippen LogP contribution in [0.1, 0.15) is 40.0 Å². The molecule has 0 aromatic rings. The first kappa shape index (κ1) is 12.0. The summed E-state index contributed by atoms with van der Waals surface area (Å²) in [5, 5.41) is 0. The third kappa shape index (κ3) is 3.58. The van der Waals surface area contributed by atoms with Crippen molar-refractivity contribution in [1.82, 2.24) is 4.90 Å². The fraction of sp³-hybridized carbons (Fsp3) is 1.00. The van der Waals surface area contributed by atoms with Gasteiger partial charge in [-0.05, 0) is 44.2 Å². The average Bonchev–Trinajstić information content (AvgIpc) is 2.18. The molecule has 0 aromatic heterocycles. The van der Waals surface area contributed by atoms with Crippen LogP contribution in [-0.4, -0.2) is 30.6 Å². The summed E-state index contributed by atoms with van der Waals surface area (Å²) < 4.78 is 0.